The summed E-state index contributed by atoms with van der Waals surface area (Å²) in [4.78, 5) is 13.1. The molecule has 25 heavy (non-hydrogen) atoms. The minimum atomic E-state index is -3.43. The average molecular weight is 446 g/mol. The third-order valence-corrected chi connectivity index (χ3v) is 7.94. The van der Waals surface area contributed by atoms with Gasteiger partial charge >= 0.3 is 0 Å². The summed E-state index contributed by atoms with van der Waals surface area (Å²) in [6.07, 6.45) is 0. The molecule has 3 rings (SSSR count). The number of hydrogen-bond acceptors (Lipinski definition) is 7. The standard InChI is InChI=1S/C15H20BrN5O2S2/c1-11-10-13(19(2)3)18-15(17-11)20-6-8-21(9-7-20)25(22,23)14-5-4-12(16)24-14/h4-5,10H,6-9H2,1-3H3. The maximum atomic E-state index is 12.7. The van der Waals surface area contributed by atoms with Crippen molar-refractivity contribution in [2.45, 2.75) is 11.1 Å². The number of sulfonamides is 1. The van der Waals surface area contributed by atoms with Crippen LogP contribution in [0.4, 0.5) is 11.8 Å². The van der Waals surface area contributed by atoms with Gasteiger partial charge in [0.05, 0.1) is 3.79 Å². The van der Waals surface area contributed by atoms with Crippen molar-refractivity contribution in [2.24, 2.45) is 0 Å². The molecular weight excluding hydrogens is 426 g/mol. The number of nitrogens with zero attached hydrogens (tertiary/aromatic N) is 5. The molecule has 1 aliphatic rings. The fourth-order valence-corrected chi connectivity index (χ4v) is 6.19. The van der Waals surface area contributed by atoms with Crippen LogP contribution in [0, 0.1) is 6.92 Å². The van der Waals surface area contributed by atoms with E-state index in [9.17, 15) is 8.42 Å². The van der Waals surface area contributed by atoms with E-state index in [1.807, 2.05) is 36.9 Å². The van der Waals surface area contributed by atoms with Crippen LogP contribution in [-0.2, 0) is 10.0 Å². The first-order valence-corrected chi connectivity index (χ1v) is 10.9. The van der Waals surface area contributed by atoms with Crippen molar-refractivity contribution >= 4 is 49.1 Å². The molecule has 0 spiro atoms. The molecule has 0 aromatic carbocycles. The highest BCUT2D eigenvalue weighted by Crippen LogP contribution is 2.29. The van der Waals surface area contributed by atoms with E-state index in [-0.39, 0.29) is 0 Å². The maximum absolute atomic E-state index is 12.7. The first kappa shape index (κ1) is 18.6. The van der Waals surface area contributed by atoms with Crippen LogP contribution in [0.15, 0.2) is 26.2 Å². The second-order valence-electron chi connectivity index (χ2n) is 6.01. The highest BCUT2D eigenvalue weighted by atomic mass is 79.9. The van der Waals surface area contributed by atoms with E-state index in [0.29, 0.717) is 36.3 Å². The van der Waals surface area contributed by atoms with Crippen molar-refractivity contribution < 1.29 is 8.42 Å². The van der Waals surface area contributed by atoms with Gasteiger partial charge < -0.3 is 9.80 Å². The van der Waals surface area contributed by atoms with Crippen molar-refractivity contribution in [3.8, 4) is 0 Å². The summed E-state index contributed by atoms with van der Waals surface area (Å²) < 4.78 is 28.1. The minimum absolute atomic E-state index is 0.370. The smallest absolute Gasteiger partial charge is 0.252 e. The third kappa shape index (κ3) is 3.97. The first-order valence-electron chi connectivity index (χ1n) is 7.81. The van der Waals surface area contributed by atoms with Gasteiger partial charge in [0.2, 0.25) is 5.95 Å². The van der Waals surface area contributed by atoms with Crippen molar-refractivity contribution in [3.05, 3.63) is 27.7 Å². The van der Waals surface area contributed by atoms with Gasteiger partial charge in [0.25, 0.3) is 10.0 Å². The Hall–Kier alpha value is -1.23. The summed E-state index contributed by atoms with van der Waals surface area (Å²) in [7, 11) is 0.449. The molecule has 1 saturated heterocycles. The molecule has 1 fully saturated rings. The van der Waals surface area contributed by atoms with Crippen molar-refractivity contribution in [2.75, 3.05) is 50.1 Å². The van der Waals surface area contributed by atoms with Gasteiger partial charge in [-0.25, -0.2) is 13.4 Å². The molecule has 7 nitrogen and oxygen atoms in total. The van der Waals surface area contributed by atoms with E-state index >= 15 is 0 Å². The van der Waals surface area contributed by atoms with E-state index in [4.69, 9.17) is 0 Å². The van der Waals surface area contributed by atoms with Gasteiger partial charge in [-0.05, 0) is 35.0 Å². The fraction of sp³-hybridized carbons (Fsp3) is 0.467. The van der Waals surface area contributed by atoms with Gasteiger partial charge in [-0.3, -0.25) is 0 Å². The van der Waals surface area contributed by atoms with Crippen LogP contribution >= 0.6 is 27.3 Å². The SMILES string of the molecule is Cc1cc(N(C)C)nc(N2CCN(S(=O)(=O)c3ccc(Br)s3)CC2)n1. The largest absolute Gasteiger partial charge is 0.363 e. The summed E-state index contributed by atoms with van der Waals surface area (Å²) in [6.45, 7) is 3.93. The number of halogens is 1. The number of anilines is 2. The Labute approximate surface area is 160 Å². The van der Waals surface area contributed by atoms with Crippen LogP contribution in [0.3, 0.4) is 0 Å². The number of aromatic nitrogens is 2. The molecule has 0 unspecified atom stereocenters. The first-order chi connectivity index (χ1) is 11.8. The molecule has 0 saturated carbocycles. The predicted octanol–water partition coefficient (Wildman–Crippen LogP) is 2.19. The summed E-state index contributed by atoms with van der Waals surface area (Å²) >= 11 is 4.56. The number of hydrogen-bond donors (Lipinski definition) is 0. The molecule has 0 atom stereocenters. The normalized spacial score (nSPS) is 16.2. The Morgan fingerprint density at radius 3 is 2.40 bits per heavy atom. The van der Waals surface area contributed by atoms with Crippen molar-refractivity contribution in [1.29, 1.82) is 0 Å². The topological polar surface area (TPSA) is 69.6 Å². The number of aryl methyl sites for hydroxylation is 1. The van der Waals surface area contributed by atoms with E-state index in [1.165, 1.54) is 15.6 Å². The van der Waals surface area contributed by atoms with E-state index in [0.717, 1.165) is 15.3 Å². The van der Waals surface area contributed by atoms with Crippen LogP contribution in [0.5, 0.6) is 0 Å². The second kappa shape index (κ2) is 7.18. The Morgan fingerprint density at radius 2 is 1.84 bits per heavy atom. The lowest BCUT2D eigenvalue weighted by molar-refractivity contribution is 0.383. The van der Waals surface area contributed by atoms with Gasteiger partial charge in [0.15, 0.2) is 0 Å². The molecule has 1 aliphatic heterocycles. The summed E-state index contributed by atoms with van der Waals surface area (Å²) in [5.74, 6) is 1.50. The molecule has 0 N–H and O–H groups in total. The van der Waals surface area contributed by atoms with Crippen molar-refractivity contribution in [3.63, 3.8) is 0 Å². The Kier molecular flexibility index (Phi) is 5.33. The molecule has 0 aliphatic carbocycles. The van der Waals surface area contributed by atoms with Crippen molar-refractivity contribution in [1.82, 2.24) is 14.3 Å². The molecule has 0 bridgehead atoms. The fourth-order valence-electron chi connectivity index (χ4n) is 2.60. The van der Waals surface area contributed by atoms with Crippen LogP contribution in [0.1, 0.15) is 5.69 Å². The third-order valence-electron chi connectivity index (χ3n) is 3.95. The Balaban J connectivity index is 1.74. The number of rotatable bonds is 4. The van der Waals surface area contributed by atoms with E-state index in [1.54, 1.807) is 12.1 Å². The second-order valence-corrected chi connectivity index (χ2v) is 10.6. The molecule has 10 heteroatoms. The van der Waals surface area contributed by atoms with Gasteiger partial charge in [-0.15, -0.1) is 11.3 Å². The van der Waals surface area contributed by atoms with Gasteiger partial charge in [-0.2, -0.15) is 9.29 Å². The maximum Gasteiger partial charge on any atom is 0.252 e. The van der Waals surface area contributed by atoms with E-state index < -0.39 is 10.0 Å². The average Bonchev–Trinajstić information content (AvgIpc) is 3.01. The molecule has 3 heterocycles. The highest BCUT2D eigenvalue weighted by Gasteiger charge is 2.30. The molecule has 2 aromatic rings. The quantitative estimate of drug-likeness (QED) is 0.717. The molecule has 0 amide bonds. The zero-order valence-electron chi connectivity index (χ0n) is 14.3. The van der Waals surface area contributed by atoms with Crippen LogP contribution < -0.4 is 9.80 Å². The molecular formula is C15H20BrN5O2S2. The zero-order valence-corrected chi connectivity index (χ0v) is 17.5. The molecule has 0 radical (unpaired) electrons. The minimum Gasteiger partial charge on any atom is -0.363 e. The summed E-state index contributed by atoms with van der Waals surface area (Å²) in [6, 6.07) is 5.33. The molecule has 136 valence electrons. The van der Waals surface area contributed by atoms with Gasteiger partial charge in [-0.1, -0.05) is 0 Å². The predicted molar refractivity (Wildman–Crippen MR) is 104 cm³/mol. The highest BCUT2D eigenvalue weighted by molar-refractivity contribution is 9.11. The van der Waals surface area contributed by atoms with Crippen LogP contribution in [-0.4, -0.2) is 63.0 Å². The summed E-state index contributed by atoms with van der Waals surface area (Å²) in [5.41, 5.74) is 0.896. The van der Waals surface area contributed by atoms with Crippen LogP contribution in [0.25, 0.3) is 0 Å². The monoisotopic (exact) mass is 445 g/mol. The van der Waals surface area contributed by atoms with E-state index in [2.05, 4.69) is 25.9 Å². The lowest BCUT2D eigenvalue weighted by Gasteiger charge is -2.34. The number of thiophene rings is 1. The Bertz CT molecular complexity index is 861. The number of piperazine rings is 1. The summed E-state index contributed by atoms with van der Waals surface area (Å²) in [5, 5.41) is 0. The van der Waals surface area contributed by atoms with Crippen LogP contribution in [0.2, 0.25) is 0 Å². The zero-order chi connectivity index (χ0) is 18.2. The van der Waals surface area contributed by atoms with Gasteiger partial charge in [0, 0.05) is 52.0 Å². The van der Waals surface area contributed by atoms with Gasteiger partial charge in [0.1, 0.15) is 10.0 Å². The lowest BCUT2D eigenvalue weighted by atomic mass is 10.3. The Morgan fingerprint density at radius 1 is 1.16 bits per heavy atom. The molecule has 2 aromatic heterocycles. The lowest BCUT2D eigenvalue weighted by Crippen LogP contribution is -2.49.